The number of aliphatic hydroxyl groups excluding tert-OH is 1. The third kappa shape index (κ3) is 74.3. The molecule has 5 atom stereocenters. The molecule has 0 aromatic carbocycles. The molecule has 0 aromatic heterocycles. The van der Waals surface area contributed by atoms with Crippen LogP contribution >= 0.6 is 15.6 Å². The molecule has 19 heteroatoms. The Morgan fingerprint density at radius 3 is 0.680 bits per heavy atom. The maximum atomic E-state index is 13.1. The molecule has 0 spiro atoms. The smallest absolute Gasteiger partial charge is 0.462 e. The van der Waals surface area contributed by atoms with Crippen molar-refractivity contribution in [2.75, 3.05) is 39.6 Å². The number of phosphoric acid groups is 2. The second-order valence-corrected chi connectivity index (χ2v) is 33.0. The number of phosphoric ester groups is 2. The Bertz CT molecular complexity index is 1920. The van der Waals surface area contributed by atoms with E-state index >= 15 is 0 Å². The van der Waals surface area contributed by atoms with Crippen molar-refractivity contribution in [1.82, 2.24) is 0 Å². The molecule has 0 aliphatic carbocycles. The lowest BCUT2D eigenvalue weighted by Crippen LogP contribution is -2.30. The van der Waals surface area contributed by atoms with Crippen LogP contribution < -0.4 is 0 Å². The van der Waals surface area contributed by atoms with E-state index in [1.54, 1.807) is 0 Å². The summed E-state index contributed by atoms with van der Waals surface area (Å²) in [4.78, 5) is 72.8. The van der Waals surface area contributed by atoms with E-state index < -0.39 is 97.5 Å². The minimum Gasteiger partial charge on any atom is -0.462 e. The first-order valence-electron chi connectivity index (χ1n) is 42.0. The van der Waals surface area contributed by atoms with Crippen molar-refractivity contribution in [1.29, 1.82) is 0 Å². The number of hydrogen-bond donors (Lipinski definition) is 3. The van der Waals surface area contributed by atoms with Crippen LogP contribution in [-0.2, 0) is 65.4 Å². The second-order valence-electron chi connectivity index (χ2n) is 30.1. The lowest BCUT2D eigenvalue weighted by molar-refractivity contribution is -0.161. The van der Waals surface area contributed by atoms with Crippen LogP contribution in [0.2, 0.25) is 0 Å². The summed E-state index contributed by atoms with van der Waals surface area (Å²) in [5.41, 5.74) is 0. The first kappa shape index (κ1) is 98.1. The molecule has 0 saturated heterocycles. The van der Waals surface area contributed by atoms with Gasteiger partial charge in [-0.25, -0.2) is 9.13 Å². The minimum atomic E-state index is -4.96. The fourth-order valence-electron chi connectivity index (χ4n) is 12.5. The van der Waals surface area contributed by atoms with Crippen LogP contribution in [0.25, 0.3) is 0 Å². The number of carbonyl (C=O) groups is 4. The maximum Gasteiger partial charge on any atom is 0.472 e. The summed E-state index contributed by atoms with van der Waals surface area (Å²) in [5.74, 6) is -0.469. The minimum absolute atomic E-state index is 0.106. The highest BCUT2D eigenvalue weighted by molar-refractivity contribution is 7.47. The Kier molecular flexibility index (Phi) is 71.2. The van der Waals surface area contributed by atoms with Gasteiger partial charge >= 0.3 is 39.5 Å². The number of hydrogen-bond acceptors (Lipinski definition) is 15. The summed E-state index contributed by atoms with van der Waals surface area (Å²) in [6.07, 6.45) is 62.7. The lowest BCUT2D eigenvalue weighted by Gasteiger charge is -2.21. The van der Waals surface area contributed by atoms with Crippen LogP contribution in [0.4, 0.5) is 0 Å². The van der Waals surface area contributed by atoms with E-state index in [9.17, 15) is 43.2 Å². The molecule has 0 rings (SSSR count). The van der Waals surface area contributed by atoms with Crippen molar-refractivity contribution in [3.8, 4) is 0 Å². The van der Waals surface area contributed by atoms with Crippen molar-refractivity contribution in [3.05, 3.63) is 0 Å². The second kappa shape index (κ2) is 72.6. The molecule has 0 heterocycles. The van der Waals surface area contributed by atoms with Gasteiger partial charge in [-0.05, 0) is 37.5 Å². The summed E-state index contributed by atoms with van der Waals surface area (Å²) in [6, 6.07) is 0. The van der Waals surface area contributed by atoms with E-state index in [4.69, 9.17) is 37.0 Å². The Hall–Kier alpha value is -1.94. The Morgan fingerprint density at radius 1 is 0.270 bits per heavy atom. The average Bonchev–Trinajstić information content (AvgIpc) is 0.913. The van der Waals surface area contributed by atoms with E-state index in [2.05, 4.69) is 41.5 Å². The molecule has 17 nitrogen and oxygen atoms in total. The van der Waals surface area contributed by atoms with Gasteiger partial charge in [-0.2, -0.15) is 0 Å². The van der Waals surface area contributed by atoms with Gasteiger partial charge in [-0.1, -0.05) is 375 Å². The number of ether oxygens (including phenoxy) is 4. The first-order chi connectivity index (χ1) is 48.4. The summed E-state index contributed by atoms with van der Waals surface area (Å²) in [5, 5.41) is 10.6. The monoisotopic (exact) mass is 1470 g/mol. The highest BCUT2D eigenvalue weighted by Gasteiger charge is 2.30. The van der Waals surface area contributed by atoms with Gasteiger partial charge in [0.2, 0.25) is 0 Å². The fourth-order valence-corrected chi connectivity index (χ4v) is 14.1. The van der Waals surface area contributed by atoms with Crippen LogP contribution in [0.15, 0.2) is 0 Å². The molecule has 0 aliphatic heterocycles. The van der Waals surface area contributed by atoms with Crippen LogP contribution in [0, 0.1) is 11.8 Å². The summed E-state index contributed by atoms with van der Waals surface area (Å²) in [6.45, 7) is 9.66. The van der Waals surface area contributed by atoms with E-state index in [0.717, 1.165) is 108 Å². The standard InChI is InChI=1S/C81H158O17P2/c1-7-9-11-13-15-17-40-47-53-59-65-80(85)97-76(69-91-78(83)63-57-51-45-16-14-12-10-8-2)71-95-99(87,88)93-67-75(82)68-94-100(89,90)96-72-77(98-81(86)66-60-54-48-42-37-33-29-25-21-19-23-27-31-35-39-44-50-56-62-74(5)6)70-92-79(84)64-58-52-46-41-36-32-28-24-20-18-22-26-30-34-38-43-49-55-61-73(3)4/h73-77,82H,7-72H2,1-6H3,(H,87,88)(H,89,90)/t75-,76+,77+/m0/s1. The molecule has 0 aromatic rings. The Labute approximate surface area is 613 Å². The van der Waals surface area contributed by atoms with Crippen molar-refractivity contribution < 1.29 is 80.2 Å². The molecule has 100 heavy (non-hydrogen) atoms. The van der Waals surface area contributed by atoms with Gasteiger partial charge in [0, 0.05) is 25.7 Å². The number of rotatable bonds is 80. The van der Waals surface area contributed by atoms with Gasteiger partial charge in [-0.3, -0.25) is 37.3 Å². The molecule has 0 radical (unpaired) electrons. The highest BCUT2D eigenvalue weighted by Crippen LogP contribution is 2.45. The molecule has 0 saturated carbocycles. The third-order valence-corrected chi connectivity index (χ3v) is 20.9. The van der Waals surface area contributed by atoms with Gasteiger partial charge in [0.1, 0.15) is 19.3 Å². The molecular formula is C81H158O17P2. The van der Waals surface area contributed by atoms with Gasteiger partial charge in [0.05, 0.1) is 26.4 Å². The van der Waals surface area contributed by atoms with Crippen molar-refractivity contribution in [2.45, 2.75) is 445 Å². The van der Waals surface area contributed by atoms with Crippen LogP contribution in [0.5, 0.6) is 0 Å². The molecule has 0 bridgehead atoms. The van der Waals surface area contributed by atoms with Gasteiger partial charge < -0.3 is 33.8 Å². The molecule has 0 amide bonds. The van der Waals surface area contributed by atoms with Crippen molar-refractivity contribution in [2.24, 2.45) is 11.8 Å². The van der Waals surface area contributed by atoms with Gasteiger partial charge in [0.15, 0.2) is 12.2 Å². The van der Waals surface area contributed by atoms with Crippen molar-refractivity contribution in [3.63, 3.8) is 0 Å². The Morgan fingerprint density at radius 2 is 0.460 bits per heavy atom. The highest BCUT2D eigenvalue weighted by atomic mass is 31.2. The van der Waals surface area contributed by atoms with E-state index in [-0.39, 0.29) is 25.7 Å². The van der Waals surface area contributed by atoms with Crippen LogP contribution in [0.3, 0.4) is 0 Å². The SMILES string of the molecule is CCCCCCCCCCCCC(=O)O[C@H](COC(=O)CCCCCCCCCC)COP(=O)(O)OC[C@H](O)COP(=O)(O)OC[C@@H](COC(=O)CCCCCCCCCCCCCCCCCCCCC(C)C)OC(=O)CCCCCCCCCCCCCCCCCCCCC(C)C. The number of unbranched alkanes of at least 4 members (excludes halogenated alkanes) is 50. The average molecular weight is 1470 g/mol. The fraction of sp³-hybridized carbons (Fsp3) is 0.951. The molecule has 0 fully saturated rings. The zero-order valence-electron chi connectivity index (χ0n) is 65.5. The normalized spacial score (nSPS) is 13.9. The van der Waals surface area contributed by atoms with Crippen LogP contribution in [-0.4, -0.2) is 96.7 Å². The summed E-state index contributed by atoms with van der Waals surface area (Å²) < 4.78 is 68.5. The van der Waals surface area contributed by atoms with Gasteiger partial charge in [0.25, 0.3) is 0 Å². The molecule has 594 valence electrons. The van der Waals surface area contributed by atoms with E-state index in [1.807, 2.05) is 0 Å². The third-order valence-electron chi connectivity index (χ3n) is 19.0. The topological polar surface area (TPSA) is 237 Å². The Balaban J connectivity index is 5.15. The molecule has 2 unspecified atom stereocenters. The van der Waals surface area contributed by atoms with E-state index in [0.29, 0.717) is 25.7 Å². The van der Waals surface area contributed by atoms with Gasteiger partial charge in [-0.15, -0.1) is 0 Å². The largest absolute Gasteiger partial charge is 0.472 e. The maximum absolute atomic E-state index is 13.1. The first-order valence-corrected chi connectivity index (χ1v) is 45.0. The zero-order valence-corrected chi connectivity index (χ0v) is 67.3. The lowest BCUT2D eigenvalue weighted by atomic mass is 10.0. The summed E-state index contributed by atoms with van der Waals surface area (Å²) in [7, 11) is -9.91. The predicted molar refractivity (Wildman–Crippen MR) is 409 cm³/mol. The molecule has 0 aliphatic rings. The molecular weight excluding hydrogens is 1310 g/mol. The quantitative estimate of drug-likeness (QED) is 0.0222. The zero-order chi connectivity index (χ0) is 73.5. The van der Waals surface area contributed by atoms with Crippen LogP contribution in [0.1, 0.15) is 427 Å². The number of aliphatic hydroxyl groups is 1. The van der Waals surface area contributed by atoms with E-state index in [1.165, 1.54) is 238 Å². The molecule has 3 N–H and O–H groups in total. The summed E-state index contributed by atoms with van der Waals surface area (Å²) >= 11 is 0. The van der Waals surface area contributed by atoms with Crippen molar-refractivity contribution >= 4 is 39.5 Å². The number of esters is 4. The predicted octanol–water partition coefficient (Wildman–Crippen LogP) is 24.3. The number of carbonyl (C=O) groups excluding carboxylic acids is 4.